The van der Waals surface area contributed by atoms with E-state index in [4.69, 9.17) is 4.74 Å². The largest absolute Gasteiger partial charge is 0.466 e. The van der Waals surface area contributed by atoms with Crippen LogP contribution in [0.15, 0.2) is 0 Å². The summed E-state index contributed by atoms with van der Waals surface area (Å²) in [6, 6.07) is 0.593. The van der Waals surface area contributed by atoms with Gasteiger partial charge < -0.3 is 4.74 Å². The molecule has 108 valence electrons. The van der Waals surface area contributed by atoms with Crippen molar-refractivity contribution in [1.29, 1.82) is 0 Å². The quantitative estimate of drug-likeness (QED) is 0.724. The molecule has 0 radical (unpaired) electrons. The molecular formula is C15H26N2O2. The zero-order valence-corrected chi connectivity index (χ0v) is 12.1. The molecule has 0 spiro atoms. The van der Waals surface area contributed by atoms with Gasteiger partial charge in [0.15, 0.2) is 0 Å². The maximum Gasteiger partial charge on any atom is 0.307 e. The van der Waals surface area contributed by atoms with Crippen LogP contribution in [-0.4, -0.2) is 60.1 Å². The van der Waals surface area contributed by atoms with Crippen molar-refractivity contribution in [3.63, 3.8) is 0 Å². The number of fused-ring (bicyclic) bond motifs is 1. The fourth-order valence-electron chi connectivity index (χ4n) is 4.52. The summed E-state index contributed by atoms with van der Waals surface area (Å²) in [4.78, 5) is 17.3. The van der Waals surface area contributed by atoms with Crippen LogP contribution in [0.5, 0.6) is 0 Å². The first-order valence-electron chi connectivity index (χ1n) is 7.91. The van der Waals surface area contributed by atoms with Crippen LogP contribution in [0.3, 0.4) is 0 Å². The molecule has 2 atom stereocenters. The Morgan fingerprint density at radius 2 is 2.00 bits per heavy atom. The molecule has 0 N–H and O–H groups in total. The van der Waals surface area contributed by atoms with Crippen molar-refractivity contribution in [2.24, 2.45) is 0 Å². The normalized spacial score (nSPS) is 35.7. The number of likely N-dealkylation sites (tertiary alicyclic amines) is 1. The van der Waals surface area contributed by atoms with Gasteiger partial charge in [-0.25, -0.2) is 0 Å². The van der Waals surface area contributed by atoms with Crippen molar-refractivity contribution in [3.8, 4) is 0 Å². The van der Waals surface area contributed by atoms with E-state index in [1.807, 2.05) is 6.92 Å². The lowest BCUT2D eigenvalue weighted by atomic mass is 9.83. The van der Waals surface area contributed by atoms with Gasteiger partial charge in [0.05, 0.1) is 13.0 Å². The molecule has 3 fully saturated rings. The van der Waals surface area contributed by atoms with Crippen molar-refractivity contribution in [1.82, 2.24) is 9.80 Å². The van der Waals surface area contributed by atoms with E-state index in [2.05, 4.69) is 9.80 Å². The molecule has 19 heavy (non-hydrogen) atoms. The Hall–Kier alpha value is -0.610. The number of rotatable bonds is 4. The third kappa shape index (κ3) is 2.29. The zero-order chi connectivity index (χ0) is 13.3. The van der Waals surface area contributed by atoms with Gasteiger partial charge in [-0.1, -0.05) is 0 Å². The van der Waals surface area contributed by atoms with E-state index >= 15 is 0 Å². The van der Waals surface area contributed by atoms with Gasteiger partial charge in [-0.3, -0.25) is 14.6 Å². The highest BCUT2D eigenvalue weighted by molar-refractivity contribution is 5.71. The van der Waals surface area contributed by atoms with Crippen LogP contribution < -0.4 is 0 Å². The summed E-state index contributed by atoms with van der Waals surface area (Å²) in [5.74, 6) is 0.00292. The first-order valence-corrected chi connectivity index (χ1v) is 7.91. The molecule has 3 rings (SSSR count). The second kappa shape index (κ2) is 5.41. The van der Waals surface area contributed by atoms with Crippen LogP contribution in [0.1, 0.15) is 45.4 Å². The van der Waals surface area contributed by atoms with Crippen molar-refractivity contribution in [3.05, 3.63) is 0 Å². The summed E-state index contributed by atoms with van der Waals surface area (Å²) in [6.07, 6.45) is 6.88. The topological polar surface area (TPSA) is 32.8 Å². The van der Waals surface area contributed by atoms with Crippen LogP contribution in [0.2, 0.25) is 0 Å². The van der Waals surface area contributed by atoms with E-state index in [1.54, 1.807) is 0 Å². The summed E-state index contributed by atoms with van der Waals surface area (Å²) >= 11 is 0. The van der Waals surface area contributed by atoms with E-state index in [9.17, 15) is 4.79 Å². The Balaban J connectivity index is 1.80. The van der Waals surface area contributed by atoms with E-state index in [-0.39, 0.29) is 11.5 Å². The second-order valence-electron chi connectivity index (χ2n) is 6.22. The van der Waals surface area contributed by atoms with E-state index < -0.39 is 0 Å². The molecule has 4 heteroatoms. The van der Waals surface area contributed by atoms with Gasteiger partial charge in [0, 0.05) is 18.1 Å². The Morgan fingerprint density at radius 3 is 2.74 bits per heavy atom. The summed E-state index contributed by atoms with van der Waals surface area (Å²) in [7, 11) is 0. The third-order valence-electron chi connectivity index (χ3n) is 5.31. The standard InChI is InChI=1S/C15H26N2O2/c1-2-19-14(18)12-15(17-9-3-4-10-17)7-11-16-8-5-6-13(15)16/h13H,2-12H2,1H3. The number of hydrogen-bond donors (Lipinski definition) is 0. The Morgan fingerprint density at radius 1 is 1.21 bits per heavy atom. The molecule has 0 aliphatic carbocycles. The lowest BCUT2D eigenvalue weighted by Crippen LogP contribution is -2.55. The fourth-order valence-corrected chi connectivity index (χ4v) is 4.52. The zero-order valence-electron chi connectivity index (χ0n) is 12.1. The molecule has 3 saturated heterocycles. The molecule has 0 bridgehead atoms. The summed E-state index contributed by atoms with van der Waals surface area (Å²) in [5.41, 5.74) is 0.0826. The van der Waals surface area contributed by atoms with Crippen LogP contribution >= 0.6 is 0 Å². The maximum atomic E-state index is 12.1. The number of hydrogen-bond acceptors (Lipinski definition) is 4. The van der Waals surface area contributed by atoms with Crippen molar-refractivity contribution in [2.75, 3.05) is 32.8 Å². The summed E-state index contributed by atoms with van der Waals surface area (Å²) < 4.78 is 5.25. The molecule has 0 aromatic heterocycles. The van der Waals surface area contributed by atoms with Gasteiger partial charge in [-0.15, -0.1) is 0 Å². The Kier molecular flexibility index (Phi) is 3.81. The van der Waals surface area contributed by atoms with E-state index in [0.717, 1.165) is 6.42 Å². The van der Waals surface area contributed by atoms with Crippen LogP contribution in [0.4, 0.5) is 0 Å². The molecule has 4 nitrogen and oxygen atoms in total. The first-order chi connectivity index (χ1) is 9.26. The van der Waals surface area contributed by atoms with Gasteiger partial charge >= 0.3 is 5.97 Å². The molecule has 0 aromatic carbocycles. The second-order valence-corrected chi connectivity index (χ2v) is 6.22. The molecule has 3 aliphatic heterocycles. The number of carbonyl (C=O) groups excluding carboxylic acids is 1. The lowest BCUT2D eigenvalue weighted by molar-refractivity contribution is -0.147. The molecule has 0 amide bonds. The van der Waals surface area contributed by atoms with Gasteiger partial charge in [-0.05, 0) is 58.7 Å². The predicted octanol–water partition coefficient (Wildman–Crippen LogP) is 1.64. The van der Waals surface area contributed by atoms with Crippen LogP contribution in [0, 0.1) is 0 Å². The average molecular weight is 266 g/mol. The van der Waals surface area contributed by atoms with E-state index in [0.29, 0.717) is 19.1 Å². The minimum atomic E-state index is 0.00292. The minimum absolute atomic E-state index is 0.00292. The van der Waals surface area contributed by atoms with Gasteiger partial charge in [0.25, 0.3) is 0 Å². The molecule has 3 heterocycles. The Labute approximate surface area is 116 Å². The van der Waals surface area contributed by atoms with Crippen molar-refractivity contribution in [2.45, 2.75) is 57.0 Å². The predicted molar refractivity (Wildman–Crippen MR) is 74.0 cm³/mol. The number of carbonyl (C=O) groups is 1. The van der Waals surface area contributed by atoms with Crippen molar-refractivity contribution >= 4 is 5.97 Å². The highest BCUT2D eigenvalue weighted by atomic mass is 16.5. The molecule has 3 aliphatic rings. The monoisotopic (exact) mass is 266 g/mol. The number of ether oxygens (including phenoxy) is 1. The highest BCUT2D eigenvalue weighted by Gasteiger charge is 2.53. The maximum absolute atomic E-state index is 12.1. The van der Waals surface area contributed by atoms with Gasteiger partial charge in [-0.2, -0.15) is 0 Å². The highest BCUT2D eigenvalue weighted by Crippen LogP contribution is 2.44. The lowest BCUT2D eigenvalue weighted by Gasteiger charge is -2.42. The van der Waals surface area contributed by atoms with E-state index in [1.165, 1.54) is 51.9 Å². The molecule has 0 saturated carbocycles. The number of nitrogens with zero attached hydrogens (tertiary/aromatic N) is 2. The molecule has 0 aromatic rings. The summed E-state index contributed by atoms with van der Waals surface area (Å²) in [5, 5.41) is 0. The van der Waals surface area contributed by atoms with Crippen molar-refractivity contribution < 1.29 is 9.53 Å². The minimum Gasteiger partial charge on any atom is -0.466 e. The van der Waals surface area contributed by atoms with Crippen LogP contribution in [-0.2, 0) is 9.53 Å². The average Bonchev–Trinajstić information content (AvgIpc) is 3.07. The first kappa shape index (κ1) is 13.4. The van der Waals surface area contributed by atoms with Gasteiger partial charge in [0.2, 0.25) is 0 Å². The summed E-state index contributed by atoms with van der Waals surface area (Å²) in [6.45, 7) is 7.14. The molecule has 2 unspecified atom stereocenters. The fraction of sp³-hybridized carbons (Fsp3) is 0.933. The van der Waals surface area contributed by atoms with Gasteiger partial charge in [0.1, 0.15) is 0 Å². The SMILES string of the molecule is CCOC(=O)CC1(N2CCCC2)CCN2CCCC21. The Bertz CT molecular complexity index is 341. The third-order valence-corrected chi connectivity index (χ3v) is 5.31. The molecular weight excluding hydrogens is 240 g/mol. The smallest absolute Gasteiger partial charge is 0.307 e. The van der Waals surface area contributed by atoms with Crippen LogP contribution in [0.25, 0.3) is 0 Å². The number of esters is 1.